The number of amides is 1. The van der Waals surface area contributed by atoms with Crippen LogP contribution < -0.4 is 5.43 Å². The first kappa shape index (κ1) is 16.4. The molecule has 0 aliphatic carbocycles. The number of furan rings is 1. The second-order valence-corrected chi connectivity index (χ2v) is 7.07. The van der Waals surface area contributed by atoms with Gasteiger partial charge in [0.1, 0.15) is 5.76 Å². The fourth-order valence-electron chi connectivity index (χ4n) is 2.22. The smallest absolute Gasteiger partial charge is 0.244 e. The number of hydrogen-bond acceptors (Lipinski definition) is 5. The van der Waals surface area contributed by atoms with E-state index in [1.165, 1.54) is 10.5 Å². The van der Waals surface area contributed by atoms with E-state index in [-0.39, 0.29) is 18.4 Å². The van der Waals surface area contributed by atoms with Crippen molar-refractivity contribution in [2.75, 3.05) is 19.3 Å². The Morgan fingerprint density at radius 2 is 2.36 bits per heavy atom. The van der Waals surface area contributed by atoms with E-state index >= 15 is 0 Å². The molecule has 1 atom stereocenters. The summed E-state index contributed by atoms with van der Waals surface area (Å²) in [5.41, 5.74) is 2.43. The molecule has 1 aliphatic heterocycles. The highest BCUT2D eigenvalue weighted by Crippen LogP contribution is 2.18. The van der Waals surface area contributed by atoms with E-state index in [0.29, 0.717) is 25.1 Å². The Morgan fingerprint density at radius 1 is 1.55 bits per heavy atom. The topological polar surface area (TPSA) is 92.0 Å². The molecule has 0 unspecified atom stereocenters. The largest absolute Gasteiger partial charge is 0.465 e. The van der Waals surface area contributed by atoms with Crippen LogP contribution in [-0.4, -0.2) is 44.2 Å². The van der Waals surface area contributed by atoms with Gasteiger partial charge in [-0.25, -0.2) is 18.1 Å². The zero-order chi connectivity index (χ0) is 16.0. The second-order valence-electron chi connectivity index (χ2n) is 5.09. The quantitative estimate of drug-likeness (QED) is 0.647. The van der Waals surface area contributed by atoms with Gasteiger partial charge >= 0.3 is 0 Å². The molecule has 8 heteroatoms. The van der Waals surface area contributed by atoms with Crippen LogP contribution in [0.1, 0.15) is 18.6 Å². The summed E-state index contributed by atoms with van der Waals surface area (Å²) in [5.74, 6) is 0.0551. The van der Waals surface area contributed by atoms with Crippen LogP contribution >= 0.6 is 0 Å². The van der Waals surface area contributed by atoms with Crippen LogP contribution in [0.25, 0.3) is 6.08 Å². The number of hydrazone groups is 1. The van der Waals surface area contributed by atoms with Gasteiger partial charge in [0.15, 0.2) is 0 Å². The van der Waals surface area contributed by atoms with Crippen LogP contribution in [0, 0.1) is 5.92 Å². The van der Waals surface area contributed by atoms with Crippen molar-refractivity contribution in [3.63, 3.8) is 0 Å². The number of allylic oxidation sites excluding steroid dienone is 1. The number of carbonyl (C=O) groups excluding carboxylic acids is 1. The zero-order valence-electron chi connectivity index (χ0n) is 12.3. The van der Waals surface area contributed by atoms with Gasteiger partial charge in [-0.1, -0.05) is 0 Å². The lowest BCUT2D eigenvalue weighted by atomic mass is 9.99. The highest BCUT2D eigenvalue weighted by Gasteiger charge is 2.29. The van der Waals surface area contributed by atoms with Gasteiger partial charge in [-0.2, -0.15) is 5.10 Å². The Labute approximate surface area is 129 Å². The summed E-state index contributed by atoms with van der Waals surface area (Å²) in [6.45, 7) is 0.681. The van der Waals surface area contributed by atoms with Crippen molar-refractivity contribution in [2.24, 2.45) is 11.0 Å². The van der Waals surface area contributed by atoms with E-state index in [1.807, 2.05) is 0 Å². The molecule has 1 aromatic rings. The summed E-state index contributed by atoms with van der Waals surface area (Å²) in [4.78, 5) is 12.0. The molecule has 0 spiro atoms. The van der Waals surface area contributed by atoms with Gasteiger partial charge < -0.3 is 4.42 Å². The standard InChI is InChI=1S/C14H19N3O4S/c1-22(19,20)17-9-3-5-12(11-17)14(18)16-15-8-2-6-13-7-4-10-21-13/h2,4,6-8,10,12H,3,5,9,11H2,1H3,(H,16,18)/b6-2+,15-8-/t12-/m0/s1. The first-order valence-corrected chi connectivity index (χ1v) is 8.80. The number of sulfonamides is 1. The Hall–Kier alpha value is -1.93. The molecule has 0 aromatic carbocycles. The maximum absolute atomic E-state index is 12.0. The van der Waals surface area contributed by atoms with Crippen LogP contribution in [0.4, 0.5) is 0 Å². The van der Waals surface area contributed by atoms with Crippen molar-refractivity contribution in [1.29, 1.82) is 0 Å². The number of piperidine rings is 1. The molecule has 1 N–H and O–H groups in total. The van der Waals surface area contributed by atoms with E-state index in [0.717, 1.165) is 6.26 Å². The molecule has 1 aromatic heterocycles. The number of nitrogens with zero attached hydrogens (tertiary/aromatic N) is 2. The molecule has 0 bridgehead atoms. The first-order chi connectivity index (χ1) is 10.5. The maximum atomic E-state index is 12.0. The highest BCUT2D eigenvalue weighted by molar-refractivity contribution is 7.88. The van der Waals surface area contributed by atoms with Crippen LogP contribution in [0.15, 0.2) is 34.0 Å². The molecule has 2 heterocycles. The molecule has 22 heavy (non-hydrogen) atoms. The van der Waals surface area contributed by atoms with E-state index in [1.54, 1.807) is 30.5 Å². The first-order valence-electron chi connectivity index (χ1n) is 6.95. The highest BCUT2D eigenvalue weighted by atomic mass is 32.2. The lowest BCUT2D eigenvalue weighted by molar-refractivity contribution is -0.126. The Bertz CT molecular complexity index is 650. The fourth-order valence-corrected chi connectivity index (χ4v) is 3.13. The van der Waals surface area contributed by atoms with Gasteiger partial charge in [-0.3, -0.25) is 4.79 Å². The molecule has 2 rings (SSSR count). The molecular weight excluding hydrogens is 306 g/mol. The van der Waals surface area contributed by atoms with Crippen molar-refractivity contribution in [3.8, 4) is 0 Å². The summed E-state index contributed by atoms with van der Waals surface area (Å²) in [5, 5.41) is 3.81. The molecule has 1 aliphatic rings. The maximum Gasteiger partial charge on any atom is 0.244 e. The Kier molecular flexibility index (Phi) is 5.51. The number of rotatable bonds is 5. The second kappa shape index (κ2) is 7.37. The van der Waals surface area contributed by atoms with Crippen molar-refractivity contribution in [1.82, 2.24) is 9.73 Å². The van der Waals surface area contributed by atoms with E-state index in [2.05, 4.69) is 10.5 Å². The van der Waals surface area contributed by atoms with Crippen molar-refractivity contribution in [2.45, 2.75) is 12.8 Å². The molecular formula is C14H19N3O4S. The third kappa shape index (κ3) is 4.81. The van der Waals surface area contributed by atoms with Crippen LogP contribution in [0.5, 0.6) is 0 Å². The molecule has 1 saturated heterocycles. The average Bonchev–Trinajstić information content (AvgIpc) is 2.99. The van der Waals surface area contributed by atoms with Gasteiger partial charge in [-0.05, 0) is 37.1 Å². The number of carbonyl (C=O) groups is 1. The van der Waals surface area contributed by atoms with Crippen molar-refractivity contribution >= 4 is 28.2 Å². The minimum Gasteiger partial charge on any atom is -0.465 e. The fraction of sp³-hybridized carbons (Fsp3) is 0.429. The van der Waals surface area contributed by atoms with Crippen LogP contribution in [0.3, 0.4) is 0 Å². The van der Waals surface area contributed by atoms with E-state index < -0.39 is 10.0 Å². The van der Waals surface area contributed by atoms with Crippen LogP contribution in [-0.2, 0) is 14.8 Å². The normalized spacial score (nSPS) is 20.7. The van der Waals surface area contributed by atoms with E-state index in [9.17, 15) is 13.2 Å². The summed E-state index contributed by atoms with van der Waals surface area (Å²) in [6, 6.07) is 3.57. The molecule has 0 saturated carbocycles. The SMILES string of the molecule is CS(=O)(=O)N1CCC[C@H](C(=O)N/N=C\C=C\c2ccco2)C1. The van der Waals surface area contributed by atoms with Gasteiger partial charge in [0.05, 0.1) is 18.4 Å². The van der Waals surface area contributed by atoms with Gasteiger partial charge in [-0.15, -0.1) is 0 Å². The monoisotopic (exact) mass is 325 g/mol. The minimum atomic E-state index is -3.25. The van der Waals surface area contributed by atoms with Gasteiger partial charge in [0.25, 0.3) is 0 Å². The molecule has 0 radical (unpaired) electrons. The predicted molar refractivity (Wildman–Crippen MR) is 83.5 cm³/mol. The lowest BCUT2D eigenvalue weighted by Crippen LogP contribution is -2.44. The number of hydrogen-bond donors (Lipinski definition) is 1. The van der Waals surface area contributed by atoms with Crippen molar-refractivity contribution in [3.05, 3.63) is 30.2 Å². The Balaban J connectivity index is 1.81. The molecule has 7 nitrogen and oxygen atoms in total. The molecule has 120 valence electrons. The molecule has 1 fully saturated rings. The van der Waals surface area contributed by atoms with Gasteiger partial charge in [0, 0.05) is 19.3 Å². The summed E-state index contributed by atoms with van der Waals surface area (Å²) < 4.78 is 29.5. The third-order valence-electron chi connectivity index (χ3n) is 3.36. The average molecular weight is 325 g/mol. The summed E-state index contributed by atoms with van der Waals surface area (Å²) in [7, 11) is -3.25. The summed E-state index contributed by atoms with van der Waals surface area (Å²) in [6.07, 6.45) is 8.85. The van der Waals surface area contributed by atoms with Crippen molar-refractivity contribution < 1.29 is 17.6 Å². The third-order valence-corrected chi connectivity index (χ3v) is 4.63. The lowest BCUT2D eigenvalue weighted by Gasteiger charge is -2.29. The predicted octanol–water partition coefficient (Wildman–Crippen LogP) is 1.07. The van der Waals surface area contributed by atoms with E-state index in [4.69, 9.17) is 4.42 Å². The summed E-state index contributed by atoms with van der Waals surface area (Å²) >= 11 is 0. The van der Waals surface area contributed by atoms with Gasteiger partial charge in [0.2, 0.25) is 15.9 Å². The number of nitrogens with one attached hydrogen (secondary N) is 1. The zero-order valence-corrected chi connectivity index (χ0v) is 13.1. The van der Waals surface area contributed by atoms with Crippen LogP contribution in [0.2, 0.25) is 0 Å². The Morgan fingerprint density at radius 3 is 3.05 bits per heavy atom. The molecule has 1 amide bonds. The minimum absolute atomic E-state index is 0.211.